The van der Waals surface area contributed by atoms with Gasteiger partial charge in [-0.3, -0.25) is 4.79 Å². The molecule has 4 N–H and O–H groups in total. The molecule has 0 spiro atoms. The number of Topliss-reactive ketones (excluding diaryl/α,β-unsaturated/α-hetero) is 1. The molecule has 1 amide bonds. The third kappa shape index (κ3) is 8.35. The van der Waals surface area contributed by atoms with Crippen LogP contribution in [0.3, 0.4) is 0 Å². The number of hydrogen-bond acceptors (Lipinski definition) is 7. The number of unbranched alkanes of at least 4 members (excludes halogenated alkanes) is 2. The van der Waals surface area contributed by atoms with Crippen LogP contribution in [0.1, 0.15) is 44.6 Å². The smallest absolute Gasteiger partial charge is 0.242 e. The molecule has 12 heteroatoms. The molecule has 0 aromatic heterocycles. The van der Waals surface area contributed by atoms with Crippen molar-refractivity contribution in [3.63, 3.8) is 0 Å². The van der Waals surface area contributed by atoms with Crippen LogP contribution >= 0.6 is 0 Å². The minimum atomic E-state index is -4.10. The summed E-state index contributed by atoms with van der Waals surface area (Å²) >= 11 is 0. The molecule has 0 saturated carbocycles. The van der Waals surface area contributed by atoms with Crippen LogP contribution in [-0.2, 0) is 29.6 Å². The van der Waals surface area contributed by atoms with Crippen LogP contribution in [0.4, 0.5) is 5.69 Å². The van der Waals surface area contributed by atoms with Gasteiger partial charge in [0.05, 0.1) is 21.4 Å². The number of primary sulfonamides is 1. The molecule has 0 saturated heterocycles. The maximum atomic E-state index is 12.9. The Balaban J connectivity index is 2.21. The van der Waals surface area contributed by atoms with Gasteiger partial charge in [-0.1, -0.05) is 18.9 Å². The summed E-state index contributed by atoms with van der Waals surface area (Å²) < 4.78 is 51.2. The van der Waals surface area contributed by atoms with Gasteiger partial charge < -0.3 is 10.1 Å². The number of nitrogens with one attached hydrogen (secondary N) is 2. The van der Waals surface area contributed by atoms with Crippen LogP contribution in [0, 0.1) is 11.3 Å². The summed E-state index contributed by atoms with van der Waals surface area (Å²) in [6.45, 7) is 1.48. The van der Waals surface area contributed by atoms with E-state index in [9.17, 15) is 26.4 Å². The van der Waals surface area contributed by atoms with Crippen molar-refractivity contribution in [2.45, 2.75) is 54.9 Å². The first kappa shape index (κ1) is 27.1. The van der Waals surface area contributed by atoms with Crippen molar-refractivity contribution in [2.75, 3.05) is 5.32 Å². The highest BCUT2D eigenvalue weighted by Gasteiger charge is 2.26. The van der Waals surface area contributed by atoms with Gasteiger partial charge in [-0.15, -0.1) is 0 Å². The summed E-state index contributed by atoms with van der Waals surface area (Å²) in [5.74, 6) is -0.638. The lowest BCUT2D eigenvalue weighted by Gasteiger charge is -2.19. The molecular weight excluding hydrogens is 480 g/mol. The normalized spacial score (nSPS) is 12.5. The number of ketones is 1. The molecule has 0 unspecified atom stereocenters. The average molecular weight is 507 g/mol. The Morgan fingerprint density at radius 2 is 1.68 bits per heavy atom. The molecule has 1 atom stereocenters. The number of carbonyl (C=O) groups is 2. The lowest BCUT2D eigenvalue weighted by atomic mass is 10.1. The van der Waals surface area contributed by atoms with Gasteiger partial charge in [0.2, 0.25) is 26.0 Å². The minimum absolute atomic E-state index is 0.0468. The van der Waals surface area contributed by atoms with Gasteiger partial charge in [0, 0.05) is 12.1 Å². The molecule has 0 radical (unpaired) electrons. The third-order valence-corrected chi connectivity index (χ3v) is 7.26. The predicted octanol–water partition coefficient (Wildman–Crippen LogP) is 2.03. The van der Waals surface area contributed by atoms with Gasteiger partial charge in [0.1, 0.15) is 11.8 Å². The van der Waals surface area contributed by atoms with E-state index >= 15 is 0 Å². The molecule has 0 heterocycles. The van der Waals surface area contributed by atoms with Crippen LogP contribution in [0.15, 0.2) is 58.3 Å². The molecular formula is C22H26N4O6S2. The molecule has 2 aromatic rings. The van der Waals surface area contributed by atoms with Crippen LogP contribution in [0.25, 0.3) is 0 Å². The molecule has 0 aliphatic rings. The summed E-state index contributed by atoms with van der Waals surface area (Å²) in [5, 5.41) is 16.5. The summed E-state index contributed by atoms with van der Waals surface area (Å²) in [5.41, 5.74) is 0.420. The van der Waals surface area contributed by atoms with E-state index in [2.05, 4.69) is 10.0 Å². The molecule has 0 bridgehead atoms. The second-order valence-electron chi connectivity index (χ2n) is 7.67. The number of rotatable bonds is 12. The predicted molar refractivity (Wildman–Crippen MR) is 125 cm³/mol. The SMILES string of the molecule is CC(=O)CCCCC[C@H](NS(=O)(=O)c1ccc(C#N)cc1)C(=O)Nc1cccc(S(N)(=O)=O)c1. The van der Waals surface area contributed by atoms with E-state index in [1.165, 1.54) is 55.5 Å². The highest BCUT2D eigenvalue weighted by atomic mass is 32.2. The zero-order valence-electron chi connectivity index (χ0n) is 18.5. The van der Waals surface area contributed by atoms with Crippen molar-refractivity contribution in [2.24, 2.45) is 5.14 Å². The average Bonchev–Trinajstić information content (AvgIpc) is 2.77. The number of benzene rings is 2. The van der Waals surface area contributed by atoms with E-state index < -0.39 is 32.0 Å². The summed E-state index contributed by atoms with van der Waals surface area (Å²) in [6.07, 6.45) is 2.24. The van der Waals surface area contributed by atoms with Gasteiger partial charge in [0.25, 0.3) is 0 Å². The summed E-state index contributed by atoms with van der Waals surface area (Å²) in [6, 6.07) is 11.2. The first-order valence-corrected chi connectivity index (χ1v) is 13.4. The second kappa shape index (κ2) is 11.8. The largest absolute Gasteiger partial charge is 0.325 e. The fraction of sp³-hybridized carbons (Fsp3) is 0.318. The molecule has 0 aliphatic heterocycles. The Labute approximate surface area is 199 Å². The maximum absolute atomic E-state index is 12.9. The lowest BCUT2D eigenvalue weighted by molar-refractivity contribution is -0.118. The quantitative estimate of drug-likeness (QED) is 0.369. The van der Waals surface area contributed by atoms with Crippen LogP contribution in [0.2, 0.25) is 0 Å². The number of nitrogens with zero attached hydrogens (tertiary/aromatic N) is 1. The number of sulfonamides is 2. The topological polar surface area (TPSA) is 176 Å². The van der Waals surface area contributed by atoms with Gasteiger partial charge in [-0.05, 0) is 62.2 Å². The highest BCUT2D eigenvalue weighted by Crippen LogP contribution is 2.17. The molecule has 182 valence electrons. The van der Waals surface area contributed by atoms with Gasteiger partial charge in [0.15, 0.2) is 0 Å². The fourth-order valence-electron chi connectivity index (χ4n) is 3.09. The molecule has 10 nitrogen and oxygen atoms in total. The molecule has 2 rings (SSSR count). The van der Waals surface area contributed by atoms with E-state index in [1.807, 2.05) is 6.07 Å². The Morgan fingerprint density at radius 3 is 2.26 bits per heavy atom. The van der Waals surface area contributed by atoms with Crippen LogP contribution in [0.5, 0.6) is 0 Å². The number of amides is 1. The fourth-order valence-corrected chi connectivity index (χ4v) is 4.88. The van der Waals surface area contributed by atoms with Crippen molar-refractivity contribution < 1.29 is 26.4 Å². The summed E-state index contributed by atoms with van der Waals surface area (Å²) in [7, 11) is -8.09. The second-order valence-corrected chi connectivity index (χ2v) is 10.9. The first-order valence-electron chi connectivity index (χ1n) is 10.4. The minimum Gasteiger partial charge on any atom is -0.325 e. The number of nitrogens with two attached hydrogens (primary N) is 1. The third-order valence-electron chi connectivity index (χ3n) is 4.86. The van der Waals surface area contributed by atoms with Crippen LogP contribution < -0.4 is 15.2 Å². The zero-order valence-corrected chi connectivity index (χ0v) is 20.2. The van der Waals surface area contributed by atoms with Crippen molar-refractivity contribution in [3.8, 4) is 6.07 Å². The highest BCUT2D eigenvalue weighted by molar-refractivity contribution is 7.89. The zero-order chi connectivity index (χ0) is 25.4. The molecule has 0 fully saturated rings. The Kier molecular flexibility index (Phi) is 9.46. The van der Waals surface area contributed by atoms with E-state index in [0.717, 1.165) is 0 Å². The van der Waals surface area contributed by atoms with Crippen molar-refractivity contribution in [1.82, 2.24) is 4.72 Å². The maximum Gasteiger partial charge on any atom is 0.242 e. The molecule has 0 aliphatic carbocycles. The summed E-state index contributed by atoms with van der Waals surface area (Å²) in [4.78, 5) is 23.7. The van der Waals surface area contributed by atoms with E-state index in [4.69, 9.17) is 10.4 Å². The van der Waals surface area contributed by atoms with Gasteiger partial charge >= 0.3 is 0 Å². The van der Waals surface area contributed by atoms with E-state index in [0.29, 0.717) is 25.7 Å². The first-order chi connectivity index (χ1) is 15.9. The number of anilines is 1. The van der Waals surface area contributed by atoms with Gasteiger partial charge in [-0.2, -0.15) is 9.98 Å². The number of carbonyl (C=O) groups excluding carboxylic acids is 2. The number of hydrogen-bond donors (Lipinski definition) is 3. The number of nitriles is 1. The van der Waals surface area contributed by atoms with Crippen molar-refractivity contribution >= 4 is 37.4 Å². The Hall–Kier alpha value is -3.11. The molecule has 34 heavy (non-hydrogen) atoms. The lowest BCUT2D eigenvalue weighted by Crippen LogP contribution is -2.43. The standard InChI is InChI=1S/C22H26N4O6S2/c1-16(27)6-3-2-4-9-21(26-34(31,32)19-12-10-17(15-23)11-13-19)22(28)25-18-7-5-8-20(14-18)33(24,29)30/h5,7-8,10-14,21,26H,2-4,6,9H2,1H3,(H,25,28)(H2,24,29,30)/t21-/m0/s1. The Morgan fingerprint density at radius 1 is 1.00 bits per heavy atom. The van der Waals surface area contributed by atoms with E-state index in [1.54, 1.807) is 0 Å². The van der Waals surface area contributed by atoms with Crippen molar-refractivity contribution in [3.05, 3.63) is 54.1 Å². The molecule has 2 aromatic carbocycles. The monoisotopic (exact) mass is 506 g/mol. The van der Waals surface area contributed by atoms with Crippen LogP contribution in [-0.4, -0.2) is 34.6 Å². The Bertz CT molecular complexity index is 1280. The van der Waals surface area contributed by atoms with Crippen molar-refractivity contribution in [1.29, 1.82) is 5.26 Å². The van der Waals surface area contributed by atoms with E-state index in [-0.39, 0.29) is 33.2 Å². The van der Waals surface area contributed by atoms with Gasteiger partial charge in [-0.25, -0.2) is 22.0 Å².